The molecule has 0 aromatic rings. The molecular weight excluding hydrogens is 961 g/mol. The molecule has 1 atom stereocenters. The van der Waals surface area contributed by atoms with Crippen LogP contribution in [0.25, 0.3) is 0 Å². The minimum Gasteiger partial charge on any atom is -0.462 e. The van der Waals surface area contributed by atoms with Crippen LogP contribution in [0.4, 0.5) is 0 Å². The van der Waals surface area contributed by atoms with Crippen LogP contribution < -0.4 is 0 Å². The van der Waals surface area contributed by atoms with Gasteiger partial charge in [0.15, 0.2) is 6.10 Å². The minimum absolute atomic E-state index is 0.104. The van der Waals surface area contributed by atoms with Gasteiger partial charge >= 0.3 is 17.9 Å². The van der Waals surface area contributed by atoms with Crippen LogP contribution in [0.1, 0.15) is 271 Å². The molecule has 0 spiro atoms. The maximum atomic E-state index is 12.9. The van der Waals surface area contributed by atoms with E-state index in [-0.39, 0.29) is 31.1 Å². The largest absolute Gasteiger partial charge is 0.462 e. The Kier molecular flexibility index (Phi) is 60.9. The van der Waals surface area contributed by atoms with E-state index < -0.39 is 6.10 Å². The summed E-state index contributed by atoms with van der Waals surface area (Å²) in [6, 6.07) is 0. The number of ether oxygens (including phenoxy) is 3. The van der Waals surface area contributed by atoms with Crippen molar-refractivity contribution in [2.75, 3.05) is 13.2 Å². The van der Waals surface area contributed by atoms with E-state index >= 15 is 0 Å². The van der Waals surface area contributed by atoms with Gasteiger partial charge in [0.05, 0.1) is 0 Å². The van der Waals surface area contributed by atoms with Crippen molar-refractivity contribution in [1.82, 2.24) is 0 Å². The van der Waals surface area contributed by atoms with Crippen molar-refractivity contribution in [1.29, 1.82) is 0 Å². The Labute approximate surface area is 480 Å². The fraction of sp³-hybridized carbons (Fsp3) is 0.625. The molecule has 0 fully saturated rings. The molecule has 440 valence electrons. The van der Waals surface area contributed by atoms with E-state index in [0.717, 1.165) is 167 Å². The summed E-state index contributed by atoms with van der Waals surface area (Å²) in [5.41, 5.74) is 0. The first-order valence-electron chi connectivity index (χ1n) is 31.8. The van der Waals surface area contributed by atoms with Crippen molar-refractivity contribution in [3.63, 3.8) is 0 Å². The molecule has 0 amide bonds. The third kappa shape index (κ3) is 62.1. The maximum Gasteiger partial charge on any atom is 0.306 e. The lowest BCUT2D eigenvalue weighted by molar-refractivity contribution is -0.167. The van der Waals surface area contributed by atoms with E-state index in [9.17, 15) is 14.4 Å². The quantitative estimate of drug-likeness (QED) is 0.0261. The maximum absolute atomic E-state index is 12.9. The predicted molar refractivity (Wildman–Crippen MR) is 339 cm³/mol. The minimum atomic E-state index is -0.808. The summed E-state index contributed by atoms with van der Waals surface area (Å²) < 4.78 is 16.8. The van der Waals surface area contributed by atoms with E-state index in [1.807, 2.05) is 0 Å². The number of allylic oxidation sites excluding steroid dienone is 24. The number of carbonyl (C=O) groups is 3. The number of unbranched alkanes of at least 4 members (excludes halogenated alkanes) is 21. The Morgan fingerprint density at radius 2 is 0.526 bits per heavy atom. The van der Waals surface area contributed by atoms with Crippen LogP contribution >= 0.6 is 0 Å². The third-order valence-corrected chi connectivity index (χ3v) is 13.0. The molecule has 0 aromatic carbocycles. The van der Waals surface area contributed by atoms with Crippen LogP contribution in [-0.2, 0) is 28.6 Å². The fourth-order valence-corrected chi connectivity index (χ4v) is 8.29. The predicted octanol–water partition coefficient (Wildman–Crippen LogP) is 21.9. The zero-order valence-corrected chi connectivity index (χ0v) is 50.4. The third-order valence-electron chi connectivity index (χ3n) is 13.0. The van der Waals surface area contributed by atoms with Gasteiger partial charge in [-0.3, -0.25) is 14.4 Å². The monoisotopic (exact) mass is 1080 g/mol. The second kappa shape index (κ2) is 64.8. The molecule has 0 bridgehead atoms. The van der Waals surface area contributed by atoms with Gasteiger partial charge < -0.3 is 14.2 Å². The van der Waals surface area contributed by atoms with Crippen molar-refractivity contribution in [2.24, 2.45) is 0 Å². The van der Waals surface area contributed by atoms with Crippen molar-refractivity contribution < 1.29 is 28.6 Å². The number of rotatable bonds is 56. The normalized spacial score (nSPS) is 13.1. The van der Waals surface area contributed by atoms with Crippen molar-refractivity contribution >= 4 is 17.9 Å². The molecule has 0 aliphatic carbocycles. The summed E-state index contributed by atoms with van der Waals surface area (Å²) in [6.07, 6.45) is 92.8. The average molecular weight is 1080 g/mol. The van der Waals surface area contributed by atoms with Crippen LogP contribution in [0, 0.1) is 0 Å². The Morgan fingerprint density at radius 1 is 0.269 bits per heavy atom. The van der Waals surface area contributed by atoms with Gasteiger partial charge in [-0.25, -0.2) is 0 Å². The summed E-state index contributed by atoms with van der Waals surface area (Å²) >= 11 is 0. The molecule has 0 aliphatic heterocycles. The summed E-state index contributed by atoms with van der Waals surface area (Å²) in [5, 5.41) is 0. The summed E-state index contributed by atoms with van der Waals surface area (Å²) in [6.45, 7) is 6.41. The molecule has 0 saturated carbocycles. The van der Waals surface area contributed by atoms with Crippen LogP contribution in [0.3, 0.4) is 0 Å². The van der Waals surface area contributed by atoms with Crippen LogP contribution in [0.5, 0.6) is 0 Å². The van der Waals surface area contributed by atoms with E-state index in [2.05, 4.69) is 167 Å². The van der Waals surface area contributed by atoms with E-state index in [1.165, 1.54) is 64.2 Å². The van der Waals surface area contributed by atoms with Gasteiger partial charge in [0.2, 0.25) is 0 Å². The molecule has 0 heterocycles. The average Bonchev–Trinajstić information content (AvgIpc) is 3.44. The lowest BCUT2D eigenvalue weighted by Gasteiger charge is -2.18. The van der Waals surface area contributed by atoms with Gasteiger partial charge in [0.25, 0.3) is 0 Å². The summed E-state index contributed by atoms with van der Waals surface area (Å²) in [7, 11) is 0. The second-order valence-electron chi connectivity index (χ2n) is 20.6. The molecule has 78 heavy (non-hydrogen) atoms. The first kappa shape index (κ1) is 73.3. The smallest absolute Gasteiger partial charge is 0.306 e. The highest BCUT2D eigenvalue weighted by Gasteiger charge is 2.19. The van der Waals surface area contributed by atoms with Gasteiger partial charge in [-0.1, -0.05) is 256 Å². The number of carbonyl (C=O) groups excluding carboxylic acids is 3. The zero-order chi connectivity index (χ0) is 56.4. The second-order valence-corrected chi connectivity index (χ2v) is 20.6. The Morgan fingerprint density at radius 3 is 0.859 bits per heavy atom. The molecule has 0 aromatic heterocycles. The molecule has 0 N–H and O–H groups in total. The molecule has 0 rings (SSSR count). The van der Waals surface area contributed by atoms with Crippen LogP contribution in [-0.4, -0.2) is 37.2 Å². The topological polar surface area (TPSA) is 78.9 Å². The first-order valence-corrected chi connectivity index (χ1v) is 31.8. The Balaban J connectivity index is 4.40. The number of hydrogen-bond donors (Lipinski definition) is 0. The lowest BCUT2D eigenvalue weighted by Crippen LogP contribution is -2.30. The fourth-order valence-electron chi connectivity index (χ4n) is 8.29. The van der Waals surface area contributed by atoms with Crippen molar-refractivity contribution in [2.45, 2.75) is 277 Å². The molecule has 0 saturated heterocycles. The molecule has 6 heteroatoms. The summed E-state index contributed by atoms with van der Waals surface area (Å²) in [4.78, 5) is 38.2. The van der Waals surface area contributed by atoms with Gasteiger partial charge in [0.1, 0.15) is 13.2 Å². The number of esters is 3. The molecule has 1 unspecified atom stereocenters. The van der Waals surface area contributed by atoms with Crippen LogP contribution in [0.2, 0.25) is 0 Å². The SMILES string of the molecule is CC/C=C\C/C=C\C/C=C\C/C=C\C/C=C\C/C=C\C/C=C\C/C=C\C/C=C\CCCCCC(=O)OCC(COC(=O)CCCCCCC/C=C\C/C=C\CCC)OC(=O)CCCCCCC/C=C\CCCCCCCCC. The lowest BCUT2D eigenvalue weighted by atomic mass is 10.1. The zero-order valence-electron chi connectivity index (χ0n) is 50.4. The molecular formula is C72H116O6. The van der Waals surface area contributed by atoms with E-state index in [0.29, 0.717) is 19.3 Å². The van der Waals surface area contributed by atoms with Crippen molar-refractivity contribution in [3.05, 3.63) is 146 Å². The summed E-state index contributed by atoms with van der Waals surface area (Å²) in [5.74, 6) is -0.961. The molecule has 0 aliphatic rings. The van der Waals surface area contributed by atoms with E-state index in [4.69, 9.17) is 14.2 Å². The highest BCUT2D eigenvalue weighted by molar-refractivity contribution is 5.71. The first-order chi connectivity index (χ1) is 38.5. The highest BCUT2D eigenvalue weighted by Crippen LogP contribution is 2.14. The van der Waals surface area contributed by atoms with Crippen LogP contribution in [0.15, 0.2) is 146 Å². The van der Waals surface area contributed by atoms with Gasteiger partial charge in [0, 0.05) is 19.3 Å². The van der Waals surface area contributed by atoms with Gasteiger partial charge in [-0.05, 0) is 141 Å². The number of hydrogen-bond acceptors (Lipinski definition) is 6. The molecule has 0 radical (unpaired) electrons. The van der Waals surface area contributed by atoms with Gasteiger partial charge in [-0.15, -0.1) is 0 Å². The van der Waals surface area contributed by atoms with Gasteiger partial charge in [-0.2, -0.15) is 0 Å². The Bertz CT molecular complexity index is 1710. The Hall–Kier alpha value is -4.71. The van der Waals surface area contributed by atoms with Crippen molar-refractivity contribution in [3.8, 4) is 0 Å². The highest BCUT2D eigenvalue weighted by atomic mass is 16.6. The molecule has 6 nitrogen and oxygen atoms in total. The standard InChI is InChI=1S/C72H116O6/c1-4-7-10-13-16-19-22-25-27-29-30-31-32-33-34-35-36-37-38-39-40-41-42-43-45-47-50-53-56-59-62-65-71(74)77-68-69(67-76-70(73)64-61-58-55-52-49-46-24-21-18-15-12-9-6-3)78-72(75)66-63-60-57-54-51-48-44-28-26-23-20-17-14-11-8-5-2/h7,10,12,15-16,19,21,24-25,27-28,30-31,33-34,36-37,39-40,42-44,47,50,69H,4-6,8-9,11,13-14,17-18,20,22-23,26,29,32,35,38,41,45-46,48-49,51-68H2,1-3H3/b10-7-,15-12-,19-16-,24-21-,27-25-,31-30-,34-33-,37-36-,40-39-,43-42-,44-28-,50-47-. The van der Waals surface area contributed by atoms with E-state index in [1.54, 1.807) is 0 Å².